The van der Waals surface area contributed by atoms with E-state index in [1.165, 1.54) is 6.07 Å². The molecule has 2 aromatic carbocycles. The molecule has 1 aliphatic rings. The van der Waals surface area contributed by atoms with Gasteiger partial charge in [-0.05, 0) is 36.2 Å². The zero-order chi connectivity index (χ0) is 17.6. The zero-order valence-corrected chi connectivity index (χ0v) is 13.6. The quantitative estimate of drug-likeness (QED) is 0.843. The minimum atomic E-state index is -1.06. The summed E-state index contributed by atoms with van der Waals surface area (Å²) in [6, 6.07) is 14.3. The molecule has 25 heavy (non-hydrogen) atoms. The minimum Gasteiger partial charge on any atom is -0.493 e. The highest BCUT2D eigenvalue weighted by Gasteiger charge is 2.21. The second-order valence-electron chi connectivity index (χ2n) is 5.79. The highest BCUT2D eigenvalue weighted by atomic mass is 16.5. The first-order valence-corrected chi connectivity index (χ1v) is 8.08. The predicted octanol–water partition coefficient (Wildman–Crippen LogP) is 2.45. The molecule has 1 heterocycles. The Morgan fingerprint density at radius 3 is 2.88 bits per heavy atom. The van der Waals surface area contributed by atoms with Gasteiger partial charge in [-0.25, -0.2) is 4.79 Å². The van der Waals surface area contributed by atoms with Crippen molar-refractivity contribution < 1.29 is 24.2 Å². The van der Waals surface area contributed by atoms with Crippen LogP contribution in [0.15, 0.2) is 48.5 Å². The Balaban J connectivity index is 1.62. The number of nitrogens with one attached hydrogen (secondary N) is 1. The molecular weight excluding hydrogens is 322 g/mol. The number of carboxylic acids is 1. The number of fused-ring (bicyclic) bond motifs is 1. The van der Waals surface area contributed by atoms with E-state index in [-0.39, 0.29) is 11.8 Å². The molecule has 0 saturated carbocycles. The molecule has 2 N–H and O–H groups in total. The van der Waals surface area contributed by atoms with Crippen LogP contribution in [0.3, 0.4) is 0 Å². The maximum atomic E-state index is 12.4. The lowest BCUT2D eigenvalue weighted by Crippen LogP contribution is -2.30. The van der Waals surface area contributed by atoms with E-state index >= 15 is 0 Å². The van der Waals surface area contributed by atoms with Gasteiger partial charge in [0, 0.05) is 18.0 Å². The molecule has 130 valence electrons. The highest BCUT2D eigenvalue weighted by molar-refractivity contribution is 5.94. The standard InChI is InChI=1S/C19H19NO5/c21-18(22)12-25-15-5-3-4-13(10-15)19(23)20-11-14-8-9-24-17-7-2-1-6-16(14)17/h1-7,10,14H,8-9,11-12H2,(H,20,23)(H,21,22). The number of ether oxygens (including phenoxy) is 2. The van der Waals surface area contributed by atoms with Crippen molar-refractivity contribution in [3.63, 3.8) is 0 Å². The van der Waals surface area contributed by atoms with Crippen LogP contribution in [0.5, 0.6) is 11.5 Å². The van der Waals surface area contributed by atoms with Crippen LogP contribution in [0.2, 0.25) is 0 Å². The lowest BCUT2D eigenvalue weighted by Gasteiger charge is -2.26. The molecule has 1 atom stereocenters. The summed E-state index contributed by atoms with van der Waals surface area (Å²) in [6.45, 7) is 0.708. The number of amides is 1. The van der Waals surface area contributed by atoms with Gasteiger partial charge in [-0.1, -0.05) is 24.3 Å². The largest absolute Gasteiger partial charge is 0.493 e. The Morgan fingerprint density at radius 1 is 1.20 bits per heavy atom. The summed E-state index contributed by atoms with van der Waals surface area (Å²) in [4.78, 5) is 22.9. The monoisotopic (exact) mass is 341 g/mol. The fourth-order valence-corrected chi connectivity index (χ4v) is 2.82. The van der Waals surface area contributed by atoms with Crippen LogP contribution >= 0.6 is 0 Å². The summed E-state index contributed by atoms with van der Waals surface area (Å²) in [6.07, 6.45) is 0.846. The fourth-order valence-electron chi connectivity index (χ4n) is 2.82. The first-order chi connectivity index (χ1) is 12.1. The molecule has 6 heteroatoms. The number of aliphatic carboxylic acids is 1. The van der Waals surface area contributed by atoms with Crippen LogP contribution in [-0.2, 0) is 4.79 Å². The lowest BCUT2D eigenvalue weighted by molar-refractivity contribution is -0.139. The number of carbonyl (C=O) groups is 2. The van der Waals surface area contributed by atoms with Crippen molar-refractivity contribution in [2.24, 2.45) is 0 Å². The summed E-state index contributed by atoms with van der Waals surface area (Å²) in [5, 5.41) is 11.6. The Morgan fingerprint density at radius 2 is 2.04 bits per heavy atom. The molecule has 0 spiro atoms. The molecule has 0 bridgehead atoms. The minimum absolute atomic E-state index is 0.209. The summed E-state index contributed by atoms with van der Waals surface area (Å²) >= 11 is 0. The molecule has 2 aromatic rings. The van der Waals surface area contributed by atoms with E-state index < -0.39 is 12.6 Å². The highest BCUT2D eigenvalue weighted by Crippen LogP contribution is 2.32. The molecule has 3 rings (SSSR count). The number of benzene rings is 2. The summed E-state index contributed by atoms with van der Waals surface area (Å²) < 4.78 is 10.7. The van der Waals surface area contributed by atoms with Gasteiger partial charge in [-0.15, -0.1) is 0 Å². The van der Waals surface area contributed by atoms with Gasteiger partial charge in [-0.3, -0.25) is 4.79 Å². The molecule has 1 unspecified atom stereocenters. The van der Waals surface area contributed by atoms with Gasteiger partial charge in [0.1, 0.15) is 11.5 Å². The Labute approximate surface area is 145 Å². The number of carboxylic acid groups (broad SMARTS) is 1. The van der Waals surface area contributed by atoms with E-state index in [9.17, 15) is 9.59 Å². The van der Waals surface area contributed by atoms with Crippen molar-refractivity contribution in [3.8, 4) is 11.5 Å². The maximum absolute atomic E-state index is 12.4. The number of carbonyl (C=O) groups excluding carboxylic acids is 1. The van der Waals surface area contributed by atoms with E-state index in [0.29, 0.717) is 24.5 Å². The third kappa shape index (κ3) is 4.29. The van der Waals surface area contributed by atoms with Gasteiger partial charge in [0.25, 0.3) is 5.91 Å². The first-order valence-electron chi connectivity index (χ1n) is 8.08. The average Bonchev–Trinajstić information content (AvgIpc) is 2.64. The first kappa shape index (κ1) is 16.8. The smallest absolute Gasteiger partial charge is 0.341 e. The number of hydrogen-bond donors (Lipinski definition) is 2. The predicted molar refractivity (Wildman–Crippen MR) is 91.2 cm³/mol. The number of rotatable bonds is 6. The van der Waals surface area contributed by atoms with Crippen molar-refractivity contribution in [3.05, 3.63) is 59.7 Å². The van der Waals surface area contributed by atoms with E-state index in [1.807, 2.05) is 24.3 Å². The van der Waals surface area contributed by atoms with Crippen molar-refractivity contribution in [2.45, 2.75) is 12.3 Å². The molecule has 6 nitrogen and oxygen atoms in total. The van der Waals surface area contributed by atoms with E-state index in [1.54, 1.807) is 18.2 Å². The Bertz CT molecular complexity index is 774. The Kier molecular flexibility index (Phi) is 5.18. The summed E-state index contributed by atoms with van der Waals surface area (Å²) in [5.74, 6) is 0.154. The van der Waals surface area contributed by atoms with Crippen molar-refractivity contribution in [1.29, 1.82) is 0 Å². The van der Waals surface area contributed by atoms with Crippen LogP contribution in [-0.4, -0.2) is 36.7 Å². The summed E-state index contributed by atoms with van der Waals surface area (Å²) in [7, 11) is 0. The van der Waals surface area contributed by atoms with Crippen molar-refractivity contribution in [2.75, 3.05) is 19.8 Å². The van der Waals surface area contributed by atoms with Gasteiger partial charge >= 0.3 is 5.97 Å². The van der Waals surface area contributed by atoms with Gasteiger partial charge in [-0.2, -0.15) is 0 Å². The van der Waals surface area contributed by atoms with Crippen LogP contribution in [0.1, 0.15) is 28.3 Å². The molecule has 0 fully saturated rings. The molecule has 0 aromatic heterocycles. The zero-order valence-electron chi connectivity index (χ0n) is 13.6. The van der Waals surface area contributed by atoms with Crippen LogP contribution in [0, 0.1) is 0 Å². The van der Waals surface area contributed by atoms with E-state index in [4.69, 9.17) is 14.6 Å². The second-order valence-corrected chi connectivity index (χ2v) is 5.79. The lowest BCUT2D eigenvalue weighted by atomic mass is 9.93. The van der Waals surface area contributed by atoms with Gasteiger partial charge in [0.15, 0.2) is 6.61 Å². The topological polar surface area (TPSA) is 84.9 Å². The SMILES string of the molecule is O=C(O)COc1cccc(C(=O)NCC2CCOc3ccccc32)c1. The third-order valence-corrected chi connectivity index (χ3v) is 4.05. The third-order valence-electron chi connectivity index (χ3n) is 4.05. The van der Waals surface area contributed by atoms with Crippen LogP contribution < -0.4 is 14.8 Å². The van der Waals surface area contributed by atoms with E-state index in [2.05, 4.69) is 5.32 Å². The number of para-hydroxylation sites is 1. The number of hydrogen-bond acceptors (Lipinski definition) is 4. The van der Waals surface area contributed by atoms with Gasteiger partial charge < -0.3 is 19.9 Å². The molecule has 0 saturated heterocycles. The van der Waals surface area contributed by atoms with Crippen LogP contribution in [0.4, 0.5) is 0 Å². The van der Waals surface area contributed by atoms with Crippen molar-refractivity contribution >= 4 is 11.9 Å². The van der Waals surface area contributed by atoms with Gasteiger partial charge in [0.2, 0.25) is 0 Å². The average molecular weight is 341 g/mol. The van der Waals surface area contributed by atoms with Crippen molar-refractivity contribution in [1.82, 2.24) is 5.32 Å². The molecule has 1 amide bonds. The molecule has 0 radical (unpaired) electrons. The van der Waals surface area contributed by atoms with Crippen LogP contribution in [0.25, 0.3) is 0 Å². The second kappa shape index (κ2) is 7.70. The molecule has 0 aliphatic carbocycles. The molecular formula is C19H19NO5. The molecule has 1 aliphatic heterocycles. The fraction of sp³-hybridized carbons (Fsp3) is 0.263. The van der Waals surface area contributed by atoms with E-state index in [0.717, 1.165) is 17.7 Å². The van der Waals surface area contributed by atoms with Gasteiger partial charge in [0.05, 0.1) is 6.61 Å². The normalized spacial score (nSPS) is 15.6. The maximum Gasteiger partial charge on any atom is 0.341 e. The summed E-state index contributed by atoms with van der Waals surface area (Å²) in [5.41, 5.74) is 1.54. The Hall–Kier alpha value is -3.02.